The van der Waals surface area contributed by atoms with Gasteiger partial charge >= 0.3 is 0 Å². The van der Waals surface area contributed by atoms with E-state index in [9.17, 15) is 0 Å². The maximum absolute atomic E-state index is 6.17. The molecule has 0 aliphatic heterocycles. The SMILES string of the molecule is CC(C)Oc1cccc(NC(=S)NCCSCc2c(Cl)cccc2Cl)c1. The van der Waals surface area contributed by atoms with Crippen molar-refractivity contribution in [3.05, 3.63) is 58.1 Å². The van der Waals surface area contributed by atoms with Gasteiger partial charge in [0.2, 0.25) is 0 Å². The van der Waals surface area contributed by atoms with Crippen LogP contribution in [-0.4, -0.2) is 23.5 Å². The van der Waals surface area contributed by atoms with Crippen LogP contribution in [-0.2, 0) is 5.75 Å². The van der Waals surface area contributed by atoms with Gasteiger partial charge < -0.3 is 15.4 Å². The van der Waals surface area contributed by atoms with E-state index in [1.54, 1.807) is 11.8 Å². The Bertz CT molecular complexity index is 721. The predicted octanol–water partition coefficient (Wildman–Crippen LogP) is 6.00. The molecule has 0 aliphatic carbocycles. The molecule has 0 atom stereocenters. The Morgan fingerprint density at radius 1 is 1.15 bits per heavy atom. The molecule has 2 rings (SSSR count). The number of thiocarbonyl (C=S) groups is 1. The highest BCUT2D eigenvalue weighted by atomic mass is 35.5. The zero-order chi connectivity index (χ0) is 18.9. The van der Waals surface area contributed by atoms with Crippen molar-refractivity contribution in [1.82, 2.24) is 5.32 Å². The van der Waals surface area contributed by atoms with Crippen molar-refractivity contribution < 1.29 is 4.74 Å². The Labute approximate surface area is 174 Å². The topological polar surface area (TPSA) is 33.3 Å². The third kappa shape index (κ3) is 7.23. The smallest absolute Gasteiger partial charge is 0.170 e. The van der Waals surface area contributed by atoms with Crippen LogP contribution in [0, 0.1) is 0 Å². The van der Waals surface area contributed by atoms with Gasteiger partial charge in [-0.3, -0.25) is 0 Å². The van der Waals surface area contributed by atoms with Gasteiger partial charge in [0.1, 0.15) is 5.75 Å². The highest BCUT2D eigenvalue weighted by Gasteiger charge is 2.05. The van der Waals surface area contributed by atoms with E-state index in [-0.39, 0.29) is 6.10 Å². The van der Waals surface area contributed by atoms with Crippen LogP contribution in [0.5, 0.6) is 5.75 Å². The lowest BCUT2D eigenvalue weighted by molar-refractivity contribution is 0.242. The van der Waals surface area contributed by atoms with E-state index in [1.165, 1.54) is 0 Å². The Morgan fingerprint density at radius 2 is 1.85 bits per heavy atom. The molecule has 0 bridgehead atoms. The van der Waals surface area contributed by atoms with Crippen LogP contribution >= 0.6 is 47.2 Å². The number of rotatable bonds is 8. The molecule has 0 unspecified atom stereocenters. The average molecular weight is 429 g/mol. The Kier molecular flexibility index (Phi) is 8.85. The number of hydrogen-bond acceptors (Lipinski definition) is 3. The number of ether oxygens (including phenoxy) is 1. The lowest BCUT2D eigenvalue weighted by atomic mass is 10.2. The summed E-state index contributed by atoms with van der Waals surface area (Å²) in [4.78, 5) is 0. The van der Waals surface area contributed by atoms with Crippen molar-refractivity contribution in [2.75, 3.05) is 17.6 Å². The summed E-state index contributed by atoms with van der Waals surface area (Å²) >= 11 is 19.4. The molecule has 0 aromatic heterocycles. The maximum Gasteiger partial charge on any atom is 0.170 e. The van der Waals surface area contributed by atoms with E-state index in [0.717, 1.165) is 35.1 Å². The number of benzene rings is 2. The number of thioether (sulfide) groups is 1. The van der Waals surface area contributed by atoms with Crippen molar-refractivity contribution in [1.29, 1.82) is 0 Å². The summed E-state index contributed by atoms with van der Waals surface area (Å²) in [5.41, 5.74) is 1.87. The summed E-state index contributed by atoms with van der Waals surface area (Å²) in [5, 5.41) is 8.37. The van der Waals surface area contributed by atoms with Crippen LogP contribution in [0.1, 0.15) is 19.4 Å². The molecule has 26 heavy (non-hydrogen) atoms. The first-order chi connectivity index (χ1) is 12.5. The Balaban J connectivity index is 1.71. The molecule has 0 fully saturated rings. The summed E-state index contributed by atoms with van der Waals surface area (Å²) < 4.78 is 5.68. The summed E-state index contributed by atoms with van der Waals surface area (Å²) in [5.74, 6) is 2.48. The van der Waals surface area contributed by atoms with Crippen molar-refractivity contribution in [2.24, 2.45) is 0 Å². The molecular formula is C19H22Cl2N2OS2. The number of halogens is 2. The lowest BCUT2D eigenvalue weighted by Crippen LogP contribution is -2.30. The van der Waals surface area contributed by atoms with Gasteiger partial charge in [0, 0.05) is 39.8 Å². The zero-order valence-corrected chi connectivity index (χ0v) is 17.9. The van der Waals surface area contributed by atoms with Gasteiger partial charge in [-0.2, -0.15) is 11.8 Å². The van der Waals surface area contributed by atoms with E-state index in [1.807, 2.05) is 56.3 Å². The molecule has 0 radical (unpaired) electrons. The second-order valence-corrected chi connectivity index (χ2v) is 8.16. The maximum atomic E-state index is 6.17. The summed E-state index contributed by atoms with van der Waals surface area (Å²) in [6.45, 7) is 4.75. The minimum Gasteiger partial charge on any atom is -0.491 e. The summed E-state index contributed by atoms with van der Waals surface area (Å²) in [6, 6.07) is 13.3. The quantitative estimate of drug-likeness (QED) is 0.397. The summed E-state index contributed by atoms with van der Waals surface area (Å²) in [6.07, 6.45) is 0.138. The minimum atomic E-state index is 0.138. The Hall–Kier alpha value is -1.14. The standard InChI is InChI=1S/C19H22Cl2N2OS2/c1-13(2)24-15-6-3-5-14(11-15)23-19(25)22-9-10-26-12-16-17(20)7-4-8-18(16)21/h3-8,11,13H,9-10,12H2,1-2H3,(H2,22,23,25). The molecular weight excluding hydrogens is 407 g/mol. The molecule has 2 aromatic carbocycles. The van der Waals surface area contributed by atoms with Crippen LogP contribution in [0.4, 0.5) is 5.69 Å². The van der Waals surface area contributed by atoms with Crippen LogP contribution in [0.15, 0.2) is 42.5 Å². The van der Waals surface area contributed by atoms with Gasteiger partial charge in [0.15, 0.2) is 5.11 Å². The predicted molar refractivity (Wildman–Crippen MR) is 119 cm³/mol. The highest BCUT2D eigenvalue weighted by Crippen LogP contribution is 2.28. The lowest BCUT2D eigenvalue weighted by Gasteiger charge is -2.13. The third-order valence-electron chi connectivity index (χ3n) is 3.30. The molecule has 0 saturated carbocycles. The van der Waals surface area contributed by atoms with E-state index in [0.29, 0.717) is 15.2 Å². The van der Waals surface area contributed by atoms with Crippen LogP contribution < -0.4 is 15.4 Å². The van der Waals surface area contributed by atoms with E-state index >= 15 is 0 Å². The number of hydrogen-bond donors (Lipinski definition) is 2. The molecule has 7 heteroatoms. The normalized spacial score (nSPS) is 10.7. The van der Waals surface area contributed by atoms with Crippen LogP contribution in [0.25, 0.3) is 0 Å². The first-order valence-electron chi connectivity index (χ1n) is 8.28. The molecule has 140 valence electrons. The van der Waals surface area contributed by atoms with Gasteiger partial charge in [-0.15, -0.1) is 0 Å². The molecule has 0 aliphatic rings. The fraction of sp³-hybridized carbons (Fsp3) is 0.316. The average Bonchev–Trinajstić information content (AvgIpc) is 2.56. The fourth-order valence-corrected chi connectivity index (χ4v) is 3.99. The Morgan fingerprint density at radius 3 is 2.54 bits per heavy atom. The molecule has 2 N–H and O–H groups in total. The van der Waals surface area contributed by atoms with Crippen molar-refractivity contribution in [2.45, 2.75) is 25.7 Å². The highest BCUT2D eigenvalue weighted by molar-refractivity contribution is 7.98. The molecule has 3 nitrogen and oxygen atoms in total. The fourth-order valence-electron chi connectivity index (χ4n) is 2.18. The molecule has 2 aromatic rings. The van der Waals surface area contributed by atoms with Gasteiger partial charge in [-0.1, -0.05) is 35.3 Å². The second kappa shape index (κ2) is 10.9. The van der Waals surface area contributed by atoms with Crippen molar-refractivity contribution in [3.63, 3.8) is 0 Å². The van der Waals surface area contributed by atoms with Gasteiger partial charge in [-0.05, 0) is 55.9 Å². The van der Waals surface area contributed by atoms with E-state index in [4.69, 9.17) is 40.2 Å². The van der Waals surface area contributed by atoms with Crippen molar-refractivity contribution >= 4 is 58.0 Å². The third-order valence-corrected chi connectivity index (χ3v) is 5.24. The monoisotopic (exact) mass is 428 g/mol. The van der Waals surface area contributed by atoms with Crippen LogP contribution in [0.3, 0.4) is 0 Å². The van der Waals surface area contributed by atoms with Crippen LogP contribution in [0.2, 0.25) is 10.0 Å². The number of nitrogens with one attached hydrogen (secondary N) is 2. The molecule has 0 heterocycles. The number of anilines is 1. The first-order valence-corrected chi connectivity index (χ1v) is 10.6. The van der Waals surface area contributed by atoms with E-state index < -0.39 is 0 Å². The molecule has 0 spiro atoms. The molecule has 0 amide bonds. The largest absolute Gasteiger partial charge is 0.491 e. The first kappa shape index (κ1) is 21.2. The van der Waals surface area contributed by atoms with Gasteiger partial charge in [0.25, 0.3) is 0 Å². The second-order valence-electron chi connectivity index (χ2n) is 5.83. The van der Waals surface area contributed by atoms with Gasteiger partial charge in [0.05, 0.1) is 6.10 Å². The summed E-state index contributed by atoms with van der Waals surface area (Å²) in [7, 11) is 0. The molecule has 0 saturated heterocycles. The van der Waals surface area contributed by atoms with Gasteiger partial charge in [-0.25, -0.2) is 0 Å². The minimum absolute atomic E-state index is 0.138. The zero-order valence-electron chi connectivity index (χ0n) is 14.7. The van der Waals surface area contributed by atoms with Crippen molar-refractivity contribution in [3.8, 4) is 5.75 Å². The van der Waals surface area contributed by atoms with E-state index in [2.05, 4.69) is 10.6 Å².